The molecule has 0 amide bonds. The number of likely N-dealkylation sites (N-methyl/N-ethyl adjacent to an activating group) is 1. The van der Waals surface area contributed by atoms with E-state index in [4.69, 9.17) is 8.94 Å². The van der Waals surface area contributed by atoms with E-state index in [0.29, 0.717) is 29.4 Å². The van der Waals surface area contributed by atoms with Gasteiger partial charge in [0.25, 0.3) is 0 Å². The molecule has 1 saturated carbocycles. The van der Waals surface area contributed by atoms with Gasteiger partial charge in [-0.25, -0.2) is 0 Å². The van der Waals surface area contributed by atoms with Crippen molar-refractivity contribution in [3.05, 3.63) is 24.3 Å². The molecule has 3 rings (SSSR count). The van der Waals surface area contributed by atoms with E-state index in [1.807, 2.05) is 19.2 Å². The van der Waals surface area contributed by atoms with Crippen molar-refractivity contribution in [2.24, 2.45) is 0 Å². The lowest BCUT2D eigenvalue weighted by Gasteiger charge is -2.14. The zero-order chi connectivity index (χ0) is 11.7. The predicted molar refractivity (Wildman–Crippen MR) is 61.4 cm³/mol. The van der Waals surface area contributed by atoms with Gasteiger partial charge in [-0.05, 0) is 32.0 Å². The van der Waals surface area contributed by atoms with E-state index in [9.17, 15) is 0 Å². The molecular weight excluding hydrogens is 218 g/mol. The van der Waals surface area contributed by atoms with E-state index < -0.39 is 0 Å². The third-order valence-corrected chi connectivity index (χ3v) is 3.39. The third-order valence-electron chi connectivity index (χ3n) is 3.39. The van der Waals surface area contributed by atoms with Crippen molar-refractivity contribution in [1.29, 1.82) is 0 Å². The minimum absolute atomic E-state index is 0.330. The van der Waals surface area contributed by atoms with Gasteiger partial charge in [0, 0.05) is 6.04 Å². The van der Waals surface area contributed by atoms with E-state index in [2.05, 4.69) is 15.5 Å². The lowest BCUT2D eigenvalue weighted by Crippen LogP contribution is -2.27. The molecule has 2 aromatic heterocycles. The fraction of sp³-hybridized carbons (Fsp3) is 0.500. The molecule has 1 N–H and O–H groups in total. The van der Waals surface area contributed by atoms with E-state index in [1.165, 1.54) is 12.8 Å². The second kappa shape index (κ2) is 4.33. The average Bonchev–Trinajstić information content (AvgIpc) is 3.09. The van der Waals surface area contributed by atoms with Crippen LogP contribution >= 0.6 is 0 Å². The molecule has 0 radical (unpaired) electrons. The number of furan rings is 1. The summed E-state index contributed by atoms with van der Waals surface area (Å²) in [6.45, 7) is 0. The first kappa shape index (κ1) is 10.5. The van der Waals surface area contributed by atoms with Crippen molar-refractivity contribution in [1.82, 2.24) is 15.5 Å². The Hall–Kier alpha value is -1.62. The maximum atomic E-state index is 5.34. The number of rotatable bonds is 3. The van der Waals surface area contributed by atoms with Crippen LogP contribution in [0.4, 0.5) is 0 Å². The summed E-state index contributed by atoms with van der Waals surface area (Å²) in [6.07, 6.45) is 5.08. The molecule has 1 aliphatic carbocycles. The van der Waals surface area contributed by atoms with Crippen LogP contribution in [-0.2, 0) is 0 Å². The van der Waals surface area contributed by atoms with E-state index in [1.54, 1.807) is 6.26 Å². The van der Waals surface area contributed by atoms with E-state index >= 15 is 0 Å². The van der Waals surface area contributed by atoms with E-state index in [-0.39, 0.29) is 0 Å². The minimum Gasteiger partial charge on any atom is -0.461 e. The SMILES string of the molecule is CN[C@@H]1CCC[C@@H]1c1nc(-c2ccco2)no1. The summed E-state index contributed by atoms with van der Waals surface area (Å²) in [5.74, 6) is 2.23. The van der Waals surface area contributed by atoms with Gasteiger partial charge in [0.2, 0.25) is 11.7 Å². The van der Waals surface area contributed by atoms with Gasteiger partial charge in [-0.15, -0.1) is 0 Å². The maximum absolute atomic E-state index is 5.34. The first-order valence-electron chi connectivity index (χ1n) is 5.93. The molecule has 17 heavy (non-hydrogen) atoms. The summed E-state index contributed by atoms with van der Waals surface area (Å²) in [7, 11) is 1.98. The van der Waals surface area contributed by atoms with Crippen LogP contribution in [0.25, 0.3) is 11.6 Å². The molecule has 0 bridgehead atoms. The van der Waals surface area contributed by atoms with Gasteiger partial charge in [0.15, 0.2) is 5.76 Å². The molecule has 1 aliphatic rings. The standard InChI is InChI=1S/C12H15N3O2/c1-13-9-5-2-4-8(9)12-14-11(15-17-12)10-6-3-7-16-10/h3,6-9,13H,2,4-5H2,1H3/t8-,9+/m0/s1. The molecule has 0 saturated heterocycles. The van der Waals surface area contributed by atoms with Crippen LogP contribution in [0.3, 0.4) is 0 Å². The van der Waals surface area contributed by atoms with Crippen LogP contribution in [0, 0.1) is 0 Å². The van der Waals surface area contributed by atoms with Gasteiger partial charge in [-0.3, -0.25) is 0 Å². The second-order valence-corrected chi connectivity index (χ2v) is 4.37. The molecule has 2 atom stereocenters. The second-order valence-electron chi connectivity index (χ2n) is 4.37. The Kier molecular flexibility index (Phi) is 2.68. The Morgan fingerprint density at radius 2 is 2.35 bits per heavy atom. The summed E-state index contributed by atoms with van der Waals surface area (Å²) >= 11 is 0. The highest BCUT2D eigenvalue weighted by Crippen LogP contribution is 2.34. The first-order valence-corrected chi connectivity index (χ1v) is 5.93. The van der Waals surface area contributed by atoms with Crippen LogP contribution in [-0.4, -0.2) is 23.2 Å². The number of hydrogen-bond donors (Lipinski definition) is 1. The molecule has 1 fully saturated rings. The van der Waals surface area contributed by atoms with Gasteiger partial charge >= 0.3 is 0 Å². The molecule has 2 aromatic rings. The highest BCUT2D eigenvalue weighted by Gasteiger charge is 2.32. The fourth-order valence-electron chi connectivity index (χ4n) is 2.49. The summed E-state index contributed by atoms with van der Waals surface area (Å²) in [6, 6.07) is 4.09. The molecule has 5 heteroatoms. The maximum Gasteiger partial charge on any atom is 0.238 e. The molecule has 0 spiro atoms. The summed E-state index contributed by atoms with van der Waals surface area (Å²) in [5, 5.41) is 7.27. The van der Waals surface area contributed by atoms with E-state index in [0.717, 1.165) is 6.42 Å². The predicted octanol–water partition coefficient (Wildman–Crippen LogP) is 2.19. The highest BCUT2D eigenvalue weighted by atomic mass is 16.5. The smallest absolute Gasteiger partial charge is 0.238 e. The Bertz CT molecular complexity index is 478. The molecule has 2 heterocycles. The number of nitrogens with zero attached hydrogens (tertiary/aromatic N) is 2. The normalized spacial score (nSPS) is 24.3. The first-order chi connectivity index (χ1) is 8.38. The zero-order valence-corrected chi connectivity index (χ0v) is 9.72. The van der Waals surface area contributed by atoms with Crippen molar-refractivity contribution in [3.63, 3.8) is 0 Å². The van der Waals surface area contributed by atoms with Crippen LogP contribution in [0.5, 0.6) is 0 Å². The lowest BCUT2D eigenvalue weighted by molar-refractivity contribution is 0.335. The third kappa shape index (κ3) is 1.86. The molecule has 0 aromatic carbocycles. The minimum atomic E-state index is 0.330. The molecule has 0 unspecified atom stereocenters. The monoisotopic (exact) mass is 233 g/mol. The average molecular weight is 233 g/mol. The quantitative estimate of drug-likeness (QED) is 0.880. The Labute approximate surface area is 99.2 Å². The topological polar surface area (TPSA) is 64.1 Å². The fourth-order valence-corrected chi connectivity index (χ4v) is 2.49. The van der Waals surface area contributed by atoms with Gasteiger partial charge < -0.3 is 14.3 Å². The lowest BCUT2D eigenvalue weighted by atomic mass is 10.0. The molecule has 5 nitrogen and oxygen atoms in total. The van der Waals surface area contributed by atoms with Crippen molar-refractivity contribution in [2.75, 3.05) is 7.05 Å². The Morgan fingerprint density at radius 1 is 1.41 bits per heavy atom. The largest absolute Gasteiger partial charge is 0.461 e. The molecule has 0 aliphatic heterocycles. The van der Waals surface area contributed by atoms with Gasteiger partial charge in [-0.1, -0.05) is 11.6 Å². The summed E-state index contributed by atoms with van der Waals surface area (Å²) in [4.78, 5) is 4.42. The number of nitrogens with one attached hydrogen (secondary N) is 1. The molecule has 90 valence electrons. The van der Waals surface area contributed by atoms with Crippen LogP contribution in [0.1, 0.15) is 31.1 Å². The summed E-state index contributed by atoms with van der Waals surface area (Å²) in [5.41, 5.74) is 0. The number of hydrogen-bond acceptors (Lipinski definition) is 5. The van der Waals surface area contributed by atoms with Crippen molar-refractivity contribution in [3.8, 4) is 11.6 Å². The van der Waals surface area contributed by atoms with Crippen LogP contribution in [0.15, 0.2) is 27.3 Å². The van der Waals surface area contributed by atoms with Gasteiger partial charge in [0.05, 0.1) is 12.2 Å². The Balaban J connectivity index is 1.85. The summed E-state index contributed by atoms with van der Waals surface area (Å²) < 4.78 is 10.6. The van der Waals surface area contributed by atoms with Crippen LogP contribution in [0.2, 0.25) is 0 Å². The van der Waals surface area contributed by atoms with Gasteiger partial charge in [-0.2, -0.15) is 4.98 Å². The van der Waals surface area contributed by atoms with Gasteiger partial charge in [0.1, 0.15) is 0 Å². The van der Waals surface area contributed by atoms with Crippen molar-refractivity contribution >= 4 is 0 Å². The van der Waals surface area contributed by atoms with Crippen molar-refractivity contribution in [2.45, 2.75) is 31.2 Å². The highest BCUT2D eigenvalue weighted by molar-refractivity contribution is 5.44. The zero-order valence-electron chi connectivity index (χ0n) is 9.72. The van der Waals surface area contributed by atoms with Crippen LogP contribution < -0.4 is 5.32 Å². The Morgan fingerprint density at radius 3 is 3.12 bits per heavy atom. The molecular formula is C12H15N3O2. The number of aromatic nitrogens is 2. The van der Waals surface area contributed by atoms with Crippen molar-refractivity contribution < 1.29 is 8.94 Å².